The molecule has 4 heteroatoms. The Labute approximate surface area is 120 Å². The zero-order valence-electron chi connectivity index (χ0n) is 12.0. The van der Waals surface area contributed by atoms with Crippen molar-refractivity contribution in [3.05, 3.63) is 29.3 Å². The minimum absolute atomic E-state index is 0.0468. The van der Waals surface area contributed by atoms with Gasteiger partial charge in [0.15, 0.2) is 0 Å². The molecule has 2 fully saturated rings. The van der Waals surface area contributed by atoms with Gasteiger partial charge >= 0.3 is 0 Å². The van der Waals surface area contributed by atoms with E-state index in [4.69, 9.17) is 0 Å². The van der Waals surface area contributed by atoms with Crippen LogP contribution in [0.2, 0.25) is 0 Å². The lowest BCUT2D eigenvalue weighted by Gasteiger charge is -2.44. The van der Waals surface area contributed by atoms with Crippen molar-refractivity contribution >= 4 is 5.91 Å². The Morgan fingerprint density at radius 2 is 2.10 bits per heavy atom. The minimum Gasteiger partial charge on any atom is -0.508 e. The number of aromatic hydroxyl groups is 1. The van der Waals surface area contributed by atoms with E-state index >= 15 is 0 Å². The van der Waals surface area contributed by atoms with Crippen molar-refractivity contribution in [1.82, 2.24) is 9.80 Å². The van der Waals surface area contributed by atoms with Crippen molar-refractivity contribution in [2.45, 2.75) is 32.2 Å². The number of piperidine rings is 1. The number of fused-ring (bicyclic) bond motifs is 1. The first-order chi connectivity index (χ1) is 9.65. The van der Waals surface area contributed by atoms with Crippen molar-refractivity contribution in [3.63, 3.8) is 0 Å². The highest BCUT2D eigenvalue weighted by Crippen LogP contribution is 2.23. The average Bonchev–Trinajstić information content (AvgIpc) is 2.49. The molecule has 2 aliphatic heterocycles. The molecule has 0 saturated carbocycles. The number of nitrogens with zero attached hydrogens (tertiary/aromatic N) is 2. The summed E-state index contributed by atoms with van der Waals surface area (Å²) in [7, 11) is 0. The van der Waals surface area contributed by atoms with Gasteiger partial charge in [-0.25, -0.2) is 0 Å². The second-order valence-electron chi connectivity index (χ2n) is 5.94. The Balaban J connectivity index is 1.72. The number of rotatable bonds is 1. The molecular weight excluding hydrogens is 252 g/mol. The van der Waals surface area contributed by atoms with Gasteiger partial charge in [0.1, 0.15) is 5.75 Å². The second kappa shape index (κ2) is 5.44. The van der Waals surface area contributed by atoms with Gasteiger partial charge < -0.3 is 10.0 Å². The Morgan fingerprint density at radius 1 is 1.25 bits per heavy atom. The molecular formula is C16H22N2O2. The number of hydrogen-bond donors (Lipinski definition) is 1. The Kier molecular flexibility index (Phi) is 3.66. The molecule has 1 unspecified atom stereocenters. The molecule has 1 N–H and O–H groups in total. The van der Waals surface area contributed by atoms with E-state index in [1.807, 2.05) is 17.9 Å². The van der Waals surface area contributed by atoms with Gasteiger partial charge in [0.2, 0.25) is 0 Å². The number of amides is 1. The fourth-order valence-electron chi connectivity index (χ4n) is 3.27. The number of phenolic OH excluding ortho intramolecular Hbond substituents is 1. The van der Waals surface area contributed by atoms with Crippen molar-refractivity contribution in [1.29, 1.82) is 0 Å². The van der Waals surface area contributed by atoms with E-state index in [0.717, 1.165) is 25.2 Å². The van der Waals surface area contributed by atoms with Gasteiger partial charge in [-0.05, 0) is 44.0 Å². The monoisotopic (exact) mass is 274 g/mol. The maximum Gasteiger partial charge on any atom is 0.254 e. The van der Waals surface area contributed by atoms with Gasteiger partial charge in [0, 0.05) is 31.2 Å². The van der Waals surface area contributed by atoms with Gasteiger partial charge in [0.05, 0.1) is 0 Å². The number of piperazine rings is 1. The predicted molar refractivity (Wildman–Crippen MR) is 78.0 cm³/mol. The van der Waals surface area contributed by atoms with Gasteiger partial charge in [-0.2, -0.15) is 0 Å². The number of hydrogen-bond acceptors (Lipinski definition) is 3. The highest BCUT2D eigenvalue weighted by molar-refractivity contribution is 5.94. The van der Waals surface area contributed by atoms with Crippen LogP contribution in [-0.2, 0) is 0 Å². The maximum atomic E-state index is 12.5. The van der Waals surface area contributed by atoms with Gasteiger partial charge in [-0.3, -0.25) is 9.69 Å². The molecule has 2 heterocycles. The molecule has 3 rings (SSSR count). The number of carbonyl (C=O) groups is 1. The van der Waals surface area contributed by atoms with Gasteiger partial charge in [-0.1, -0.05) is 12.5 Å². The highest BCUT2D eigenvalue weighted by atomic mass is 16.3. The third kappa shape index (κ3) is 2.52. The average molecular weight is 274 g/mol. The predicted octanol–water partition coefficient (Wildman–Crippen LogP) is 2.01. The third-order valence-corrected chi connectivity index (χ3v) is 4.58. The van der Waals surface area contributed by atoms with Crippen LogP contribution in [0.15, 0.2) is 18.2 Å². The Bertz CT molecular complexity index is 515. The molecule has 4 nitrogen and oxygen atoms in total. The summed E-state index contributed by atoms with van der Waals surface area (Å²) in [5.74, 6) is 0.248. The molecule has 1 atom stereocenters. The normalized spacial score (nSPS) is 23.4. The topological polar surface area (TPSA) is 43.8 Å². The molecule has 1 amide bonds. The third-order valence-electron chi connectivity index (χ3n) is 4.58. The van der Waals surface area contributed by atoms with Crippen molar-refractivity contribution in [2.75, 3.05) is 26.2 Å². The molecule has 1 aromatic carbocycles. The standard InChI is InChI=1S/C16H22N2O2/c1-12-5-6-13(10-15(12)19)16(20)18-9-8-17-7-3-2-4-14(17)11-18/h5-6,10,14,19H,2-4,7-9,11H2,1H3. The fourth-order valence-corrected chi connectivity index (χ4v) is 3.27. The van der Waals surface area contributed by atoms with Crippen molar-refractivity contribution in [2.24, 2.45) is 0 Å². The first kappa shape index (κ1) is 13.4. The van der Waals surface area contributed by atoms with E-state index < -0.39 is 0 Å². The molecule has 0 aliphatic carbocycles. The zero-order chi connectivity index (χ0) is 14.1. The lowest BCUT2D eigenvalue weighted by atomic mass is 9.99. The fraction of sp³-hybridized carbons (Fsp3) is 0.562. The van der Waals surface area contributed by atoms with E-state index in [1.165, 1.54) is 25.8 Å². The first-order valence-corrected chi connectivity index (χ1v) is 7.48. The van der Waals surface area contributed by atoms with Crippen molar-refractivity contribution < 1.29 is 9.90 Å². The van der Waals surface area contributed by atoms with Crippen LogP contribution < -0.4 is 0 Å². The van der Waals surface area contributed by atoms with E-state index in [0.29, 0.717) is 11.6 Å². The van der Waals surface area contributed by atoms with Crippen LogP contribution in [0.5, 0.6) is 5.75 Å². The smallest absolute Gasteiger partial charge is 0.254 e. The Morgan fingerprint density at radius 3 is 2.90 bits per heavy atom. The largest absolute Gasteiger partial charge is 0.508 e. The van der Waals surface area contributed by atoms with Crippen LogP contribution in [0.1, 0.15) is 35.2 Å². The summed E-state index contributed by atoms with van der Waals surface area (Å²) in [4.78, 5) is 17.0. The quantitative estimate of drug-likeness (QED) is 0.852. The van der Waals surface area contributed by atoms with E-state index in [9.17, 15) is 9.90 Å². The molecule has 2 aliphatic rings. The number of aryl methyl sites for hydroxylation is 1. The molecule has 0 radical (unpaired) electrons. The van der Waals surface area contributed by atoms with E-state index in [1.54, 1.807) is 12.1 Å². The Hall–Kier alpha value is -1.55. The van der Waals surface area contributed by atoms with Crippen LogP contribution in [-0.4, -0.2) is 53.0 Å². The molecule has 1 aromatic rings. The molecule has 0 spiro atoms. The van der Waals surface area contributed by atoms with Gasteiger partial charge in [0.25, 0.3) is 5.91 Å². The summed E-state index contributed by atoms with van der Waals surface area (Å²) in [6.07, 6.45) is 3.76. The lowest BCUT2D eigenvalue weighted by Crippen LogP contribution is -2.56. The number of carbonyl (C=O) groups excluding carboxylic acids is 1. The van der Waals surface area contributed by atoms with Crippen LogP contribution >= 0.6 is 0 Å². The van der Waals surface area contributed by atoms with Crippen molar-refractivity contribution in [3.8, 4) is 5.75 Å². The SMILES string of the molecule is Cc1ccc(C(=O)N2CCN3CCCCC3C2)cc1O. The first-order valence-electron chi connectivity index (χ1n) is 7.48. The van der Waals surface area contributed by atoms with Crippen LogP contribution in [0.25, 0.3) is 0 Å². The number of phenols is 1. The highest BCUT2D eigenvalue weighted by Gasteiger charge is 2.31. The van der Waals surface area contributed by atoms with E-state index in [2.05, 4.69) is 4.90 Å². The van der Waals surface area contributed by atoms with Crippen LogP contribution in [0.4, 0.5) is 0 Å². The lowest BCUT2D eigenvalue weighted by molar-refractivity contribution is 0.0372. The van der Waals surface area contributed by atoms with Crippen LogP contribution in [0.3, 0.4) is 0 Å². The summed E-state index contributed by atoms with van der Waals surface area (Å²) in [6, 6.07) is 5.73. The molecule has 20 heavy (non-hydrogen) atoms. The van der Waals surface area contributed by atoms with Gasteiger partial charge in [-0.15, -0.1) is 0 Å². The zero-order valence-corrected chi connectivity index (χ0v) is 12.0. The number of benzene rings is 1. The summed E-state index contributed by atoms with van der Waals surface area (Å²) < 4.78 is 0. The summed E-state index contributed by atoms with van der Waals surface area (Å²) in [5.41, 5.74) is 1.40. The maximum absolute atomic E-state index is 12.5. The molecule has 2 saturated heterocycles. The second-order valence-corrected chi connectivity index (χ2v) is 5.94. The molecule has 108 valence electrons. The summed E-state index contributed by atoms with van der Waals surface area (Å²) >= 11 is 0. The molecule has 0 aromatic heterocycles. The minimum atomic E-state index is 0.0468. The van der Waals surface area contributed by atoms with E-state index in [-0.39, 0.29) is 11.7 Å². The van der Waals surface area contributed by atoms with Crippen LogP contribution in [0, 0.1) is 6.92 Å². The summed E-state index contributed by atoms with van der Waals surface area (Å²) in [6.45, 7) is 5.62. The molecule has 0 bridgehead atoms. The summed E-state index contributed by atoms with van der Waals surface area (Å²) in [5, 5.41) is 9.76.